The van der Waals surface area contributed by atoms with Gasteiger partial charge in [-0.25, -0.2) is 9.97 Å². The van der Waals surface area contributed by atoms with Crippen LogP contribution in [-0.2, 0) is 0 Å². The maximum Gasteiger partial charge on any atom is 0.132 e. The van der Waals surface area contributed by atoms with E-state index in [-0.39, 0.29) is 0 Å². The molecule has 16 heavy (non-hydrogen) atoms. The smallest absolute Gasteiger partial charge is 0.132 e. The molecule has 0 saturated carbocycles. The second-order valence-corrected chi connectivity index (χ2v) is 5.47. The summed E-state index contributed by atoms with van der Waals surface area (Å²) in [5.74, 6) is 1.95. The molecule has 3 nitrogen and oxygen atoms in total. The van der Waals surface area contributed by atoms with Crippen molar-refractivity contribution in [3.8, 4) is 0 Å². The highest BCUT2D eigenvalue weighted by Gasteiger charge is 2.23. The van der Waals surface area contributed by atoms with Crippen molar-refractivity contribution in [3.05, 3.63) is 18.1 Å². The van der Waals surface area contributed by atoms with Crippen LogP contribution in [0.5, 0.6) is 0 Å². The second-order valence-electron chi connectivity index (χ2n) is 5.47. The molecule has 1 aliphatic rings. The van der Waals surface area contributed by atoms with E-state index in [0.29, 0.717) is 5.41 Å². The van der Waals surface area contributed by atoms with Crippen LogP contribution in [0, 0.1) is 12.3 Å². The quantitative estimate of drug-likeness (QED) is 0.727. The molecular weight excluding hydrogens is 198 g/mol. The molecule has 1 saturated heterocycles. The zero-order chi connectivity index (χ0) is 11.6. The van der Waals surface area contributed by atoms with Gasteiger partial charge in [0.25, 0.3) is 0 Å². The normalized spacial score (nSPS) is 20.6. The molecule has 0 radical (unpaired) electrons. The van der Waals surface area contributed by atoms with E-state index in [0.717, 1.165) is 24.7 Å². The first-order valence-electron chi connectivity index (χ1n) is 6.11. The molecule has 0 atom stereocenters. The van der Waals surface area contributed by atoms with Gasteiger partial charge in [0.1, 0.15) is 11.6 Å². The molecule has 0 N–H and O–H groups in total. The van der Waals surface area contributed by atoms with Crippen LogP contribution in [0.4, 0.5) is 5.82 Å². The number of anilines is 1. The van der Waals surface area contributed by atoms with Crippen LogP contribution in [0.1, 0.15) is 38.9 Å². The van der Waals surface area contributed by atoms with Crippen LogP contribution in [0.15, 0.2) is 12.3 Å². The highest BCUT2D eigenvalue weighted by Crippen LogP contribution is 2.30. The zero-order valence-electron chi connectivity index (χ0n) is 10.5. The summed E-state index contributed by atoms with van der Waals surface area (Å²) in [5.41, 5.74) is 0.483. The van der Waals surface area contributed by atoms with Crippen molar-refractivity contribution >= 4 is 5.82 Å². The molecule has 3 heteroatoms. The van der Waals surface area contributed by atoms with Gasteiger partial charge >= 0.3 is 0 Å². The number of aryl methyl sites for hydroxylation is 1. The Kier molecular flexibility index (Phi) is 3.13. The lowest BCUT2D eigenvalue weighted by atomic mass is 9.85. The minimum absolute atomic E-state index is 0.483. The standard InChI is InChI=1S/C13H21N3/c1-11-14-8-5-12(15-11)16-9-4-6-13(2,3)7-10-16/h5,8H,4,6-7,9-10H2,1-3H3. The van der Waals surface area contributed by atoms with Gasteiger partial charge in [-0.05, 0) is 37.7 Å². The van der Waals surface area contributed by atoms with Gasteiger partial charge in [-0.15, -0.1) is 0 Å². The van der Waals surface area contributed by atoms with E-state index < -0.39 is 0 Å². The predicted octanol–water partition coefficient (Wildman–Crippen LogP) is 2.80. The summed E-state index contributed by atoms with van der Waals surface area (Å²) in [4.78, 5) is 11.0. The molecular formula is C13H21N3. The molecule has 1 aliphatic heterocycles. The number of aromatic nitrogens is 2. The van der Waals surface area contributed by atoms with Crippen molar-refractivity contribution in [2.24, 2.45) is 5.41 Å². The van der Waals surface area contributed by atoms with E-state index in [1.807, 2.05) is 19.2 Å². The Bertz CT molecular complexity index is 360. The minimum Gasteiger partial charge on any atom is -0.356 e. The SMILES string of the molecule is Cc1nccc(N2CCCC(C)(C)CC2)n1. The first-order chi connectivity index (χ1) is 7.57. The summed E-state index contributed by atoms with van der Waals surface area (Å²) in [6.45, 7) is 8.91. The van der Waals surface area contributed by atoms with E-state index in [2.05, 4.69) is 28.7 Å². The fraction of sp³-hybridized carbons (Fsp3) is 0.692. The van der Waals surface area contributed by atoms with Crippen LogP contribution in [0.25, 0.3) is 0 Å². The first-order valence-corrected chi connectivity index (χ1v) is 6.11. The van der Waals surface area contributed by atoms with E-state index >= 15 is 0 Å². The van der Waals surface area contributed by atoms with Gasteiger partial charge in [-0.3, -0.25) is 0 Å². The maximum absolute atomic E-state index is 4.50. The molecule has 0 bridgehead atoms. The van der Waals surface area contributed by atoms with Crippen LogP contribution >= 0.6 is 0 Å². The third-order valence-corrected chi connectivity index (χ3v) is 3.43. The zero-order valence-corrected chi connectivity index (χ0v) is 10.5. The van der Waals surface area contributed by atoms with E-state index in [9.17, 15) is 0 Å². The Morgan fingerprint density at radius 3 is 2.81 bits per heavy atom. The molecule has 0 aliphatic carbocycles. The fourth-order valence-electron chi connectivity index (χ4n) is 2.27. The number of rotatable bonds is 1. The summed E-state index contributed by atoms with van der Waals surface area (Å²) in [6, 6.07) is 2.02. The van der Waals surface area contributed by atoms with Crippen molar-refractivity contribution in [2.75, 3.05) is 18.0 Å². The summed E-state index contributed by atoms with van der Waals surface area (Å²) >= 11 is 0. The Morgan fingerprint density at radius 2 is 2.06 bits per heavy atom. The molecule has 1 aromatic heterocycles. The van der Waals surface area contributed by atoms with E-state index in [1.54, 1.807) is 0 Å². The average Bonchev–Trinajstić information content (AvgIpc) is 2.39. The van der Waals surface area contributed by atoms with Crippen molar-refractivity contribution in [3.63, 3.8) is 0 Å². The topological polar surface area (TPSA) is 29.0 Å². The minimum atomic E-state index is 0.483. The molecule has 2 heterocycles. The Balaban J connectivity index is 2.11. The van der Waals surface area contributed by atoms with Crippen molar-refractivity contribution < 1.29 is 0 Å². The summed E-state index contributed by atoms with van der Waals surface area (Å²) in [6.07, 6.45) is 5.67. The third-order valence-electron chi connectivity index (χ3n) is 3.43. The number of hydrogen-bond donors (Lipinski definition) is 0. The summed E-state index contributed by atoms with van der Waals surface area (Å²) in [5, 5.41) is 0. The van der Waals surface area contributed by atoms with Crippen LogP contribution < -0.4 is 4.90 Å². The molecule has 2 rings (SSSR count). The Morgan fingerprint density at radius 1 is 1.25 bits per heavy atom. The molecule has 0 unspecified atom stereocenters. The molecule has 1 fully saturated rings. The van der Waals surface area contributed by atoms with Gasteiger partial charge in [0.2, 0.25) is 0 Å². The molecule has 0 amide bonds. The lowest BCUT2D eigenvalue weighted by Gasteiger charge is -2.24. The maximum atomic E-state index is 4.50. The Hall–Kier alpha value is -1.12. The van der Waals surface area contributed by atoms with Crippen LogP contribution in [0.2, 0.25) is 0 Å². The van der Waals surface area contributed by atoms with Gasteiger partial charge in [-0.1, -0.05) is 13.8 Å². The monoisotopic (exact) mass is 219 g/mol. The van der Waals surface area contributed by atoms with Gasteiger partial charge in [0.15, 0.2) is 0 Å². The summed E-state index contributed by atoms with van der Waals surface area (Å²) < 4.78 is 0. The summed E-state index contributed by atoms with van der Waals surface area (Å²) in [7, 11) is 0. The van der Waals surface area contributed by atoms with Gasteiger partial charge in [0.05, 0.1) is 0 Å². The van der Waals surface area contributed by atoms with Crippen molar-refractivity contribution in [1.82, 2.24) is 9.97 Å². The molecule has 88 valence electrons. The van der Waals surface area contributed by atoms with Crippen molar-refractivity contribution in [1.29, 1.82) is 0 Å². The number of nitrogens with zero attached hydrogens (tertiary/aromatic N) is 3. The van der Waals surface area contributed by atoms with Crippen molar-refractivity contribution in [2.45, 2.75) is 40.0 Å². The average molecular weight is 219 g/mol. The highest BCUT2D eigenvalue weighted by atomic mass is 15.2. The lowest BCUT2D eigenvalue weighted by Crippen LogP contribution is -2.26. The highest BCUT2D eigenvalue weighted by molar-refractivity contribution is 5.37. The Labute approximate surface area is 97.9 Å². The van der Waals surface area contributed by atoms with Gasteiger partial charge in [0, 0.05) is 19.3 Å². The third kappa shape index (κ3) is 2.71. The fourth-order valence-corrected chi connectivity index (χ4v) is 2.27. The molecule has 0 aromatic carbocycles. The van der Waals surface area contributed by atoms with E-state index in [1.165, 1.54) is 19.3 Å². The molecule has 0 spiro atoms. The van der Waals surface area contributed by atoms with Gasteiger partial charge < -0.3 is 4.90 Å². The number of hydrogen-bond acceptors (Lipinski definition) is 3. The van der Waals surface area contributed by atoms with Crippen LogP contribution in [-0.4, -0.2) is 23.1 Å². The largest absolute Gasteiger partial charge is 0.356 e. The van der Waals surface area contributed by atoms with E-state index in [4.69, 9.17) is 0 Å². The first kappa shape index (κ1) is 11.4. The lowest BCUT2D eigenvalue weighted by molar-refractivity contribution is 0.325. The predicted molar refractivity (Wildman–Crippen MR) is 66.6 cm³/mol. The second kappa shape index (κ2) is 4.40. The van der Waals surface area contributed by atoms with Crippen LogP contribution in [0.3, 0.4) is 0 Å². The van der Waals surface area contributed by atoms with Gasteiger partial charge in [-0.2, -0.15) is 0 Å². The molecule has 1 aromatic rings.